The van der Waals surface area contributed by atoms with E-state index >= 15 is 0 Å². The predicted octanol–water partition coefficient (Wildman–Crippen LogP) is 1.30. The van der Waals surface area contributed by atoms with Crippen LogP contribution in [0.1, 0.15) is 56.9 Å². The van der Waals surface area contributed by atoms with Gasteiger partial charge in [0.15, 0.2) is 11.6 Å². The second kappa shape index (κ2) is 10.1. The van der Waals surface area contributed by atoms with Gasteiger partial charge in [0, 0.05) is 47.8 Å². The average molecular weight is 500 g/mol. The number of benzene rings is 1. The van der Waals surface area contributed by atoms with Crippen LogP contribution in [0.2, 0.25) is 0 Å². The number of carbonyl (C=O) groups excluding carboxylic acids is 2. The van der Waals surface area contributed by atoms with E-state index < -0.39 is 43.2 Å². The molecule has 0 aromatic heterocycles. The molecule has 0 unspecified atom stereocenters. The molecule has 5 atom stereocenters. The number of carbonyl (C=O) groups is 2. The highest BCUT2D eigenvalue weighted by atomic mass is 16.7. The molecule has 1 aromatic carbocycles. The zero-order valence-electron chi connectivity index (χ0n) is 20.3. The second-order valence-electron chi connectivity index (χ2n) is 9.84. The third kappa shape index (κ3) is 4.18. The zero-order chi connectivity index (χ0) is 25.6. The van der Waals surface area contributed by atoms with Crippen molar-refractivity contribution in [2.75, 3.05) is 13.2 Å². The lowest BCUT2D eigenvalue weighted by Crippen LogP contribution is -2.60. The van der Waals surface area contributed by atoms with Crippen LogP contribution in [0.5, 0.6) is 5.75 Å². The summed E-state index contributed by atoms with van der Waals surface area (Å²) in [5, 5.41) is 39.7. The van der Waals surface area contributed by atoms with E-state index in [0.29, 0.717) is 18.6 Å². The summed E-state index contributed by atoms with van der Waals surface area (Å²) in [6.07, 6.45) is -2.67. The summed E-state index contributed by atoms with van der Waals surface area (Å²) in [6, 6.07) is 6.96. The minimum Gasteiger partial charge on any atom is -0.462 e. The van der Waals surface area contributed by atoms with Crippen molar-refractivity contribution in [3.05, 3.63) is 52.4 Å². The molecule has 0 radical (unpaired) electrons. The maximum absolute atomic E-state index is 13.2. The van der Waals surface area contributed by atoms with Gasteiger partial charge in [0.05, 0.1) is 6.61 Å². The Labute approximate surface area is 209 Å². The molecule has 0 bridgehead atoms. The smallest absolute Gasteiger partial charge is 0.229 e. The summed E-state index contributed by atoms with van der Waals surface area (Å²) in [5.74, 6) is 0.0969. The fraction of sp³-hybridized carbons (Fsp3) is 0.556. The Morgan fingerprint density at radius 2 is 1.47 bits per heavy atom. The van der Waals surface area contributed by atoms with Gasteiger partial charge in [-0.05, 0) is 50.3 Å². The number of allylic oxidation sites excluding steroid dienone is 4. The molecule has 4 N–H and O–H groups in total. The van der Waals surface area contributed by atoms with Crippen molar-refractivity contribution in [3.8, 4) is 5.75 Å². The van der Waals surface area contributed by atoms with E-state index in [1.165, 1.54) is 0 Å². The SMILES string of the molecule is CCN1C2=C(C(=O)CCC2)C(c2ccc(O[C@@H]3O[C@H](CO)[C@@H](O)[C@@H](O)[C@H]3O)cc2)C2=C1CCCC2=O. The fourth-order valence-electron chi connectivity index (χ4n) is 5.97. The number of aliphatic hydroxyl groups excluding tert-OH is 4. The maximum Gasteiger partial charge on any atom is 0.229 e. The first-order chi connectivity index (χ1) is 17.3. The van der Waals surface area contributed by atoms with E-state index in [9.17, 15) is 30.0 Å². The molecule has 2 aliphatic heterocycles. The van der Waals surface area contributed by atoms with Gasteiger partial charge in [-0.3, -0.25) is 9.59 Å². The zero-order valence-corrected chi connectivity index (χ0v) is 20.3. The molecule has 1 saturated heterocycles. The van der Waals surface area contributed by atoms with E-state index in [2.05, 4.69) is 11.8 Å². The van der Waals surface area contributed by atoms with Crippen molar-refractivity contribution in [1.29, 1.82) is 0 Å². The van der Waals surface area contributed by atoms with Gasteiger partial charge < -0.3 is 34.8 Å². The fourth-order valence-corrected chi connectivity index (χ4v) is 5.97. The van der Waals surface area contributed by atoms with E-state index in [4.69, 9.17) is 9.47 Å². The van der Waals surface area contributed by atoms with E-state index in [1.54, 1.807) is 12.1 Å². The van der Waals surface area contributed by atoms with Gasteiger partial charge in [-0.1, -0.05) is 12.1 Å². The molecule has 0 amide bonds. The highest BCUT2D eigenvalue weighted by Crippen LogP contribution is 2.49. The Balaban J connectivity index is 1.47. The number of ketones is 2. The summed E-state index contributed by atoms with van der Waals surface area (Å²) < 4.78 is 11.2. The summed E-state index contributed by atoms with van der Waals surface area (Å²) >= 11 is 0. The Kier molecular flexibility index (Phi) is 7.02. The van der Waals surface area contributed by atoms with Crippen LogP contribution in [0, 0.1) is 0 Å². The Morgan fingerprint density at radius 1 is 0.889 bits per heavy atom. The minimum absolute atomic E-state index is 0.0891. The number of rotatable bonds is 5. The van der Waals surface area contributed by atoms with Crippen LogP contribution in [-0.4, -0.2) is 80.8 Å². The van der Waals surface area contributed by atoms with Gasteiger partial charge in [-0.15, -0.1) is 0 Å². The van der Waals surface area contributed by atoms with Crippen LogP contribution >= 0.6 is 0 Å². The third-order valence-electron chi connectivity index (χ3n) is 7.72. The summed E-state index contributed by atoms with van der Waals surface area (Å²) in [7, 11) is 0. The van der Waals surface area contributed by atoms with Gasteiger partial charge in [-0.25, -0.2) is 0 Å². The quantitative estimate of drug-likeness (QED) is 0.472. The largest absolute Gasteiger partial charge is 0.462 e. The molecular weight excluding hydrogens is 466 g/mol. The number of nitrogens with zero attached hydrogens (tertiary/aromatic N) is 1. The van der Waals surface area contributed by atoms with Crippen molar-refractivity contribution in [2.24, 2.45) is 0 Å². The van der Waals surface area contributed by atoms with Gasteiger partial charge in [0.2, 0.25) is 6.29 Å². The Morgan fingerprint density at radius 3 is 2.00 bits per heavy atom. The van der Waals surface area contributed by atoms with Gasteiger partial charge >= 0.3 is 0 Å². The van der Waals surface area contributed by atoms with Crippen molar-refractivity contribution in [2.45, 2.75) is 82.1 Å². The lowest BCUT2D eigenvalue weighted by molar-refractivity contribution is -0.277. The standard InChI is InChI=1S/C27H33NO8/c1-2-28-16-5-3-7-18(30)22(16)21(23-17(28)6-4-8-19(23)31)14-9-11-15(12-10-14)35-27-26(34)25(33)24(32)20(13-29)36-27/h9-12,20-21,24-27,29,32-34H,2-8,13H2,1H3/t20-,24-,25-,26-,27-/m1/s1. The molecule has 1 aromatic rings. The lowest BCUT2D eigenvalue weighted by atomic mass is 9.71. The molecule has 9 nitrogen and oxygen atoms in total. The van der Waals surface area contributed by atoms with E-state index in [0.717, 1.165) is 60.3 Å². The van der Waals surface area contributed by atoms with Crippen LogP contribution < -0.4 is 4.74 Å². The third-order valence-corrected chi connectivity index (χ3v) is 7.72. The number of hydrogen-bond donors (Lipinski definition) is 4. The molecule has 9 heteroatoms. The van der Waals surface area contributed by atoms with Crippen LogP contribution in [0.3, 0.4) is 0 Å². The van der Waals surface area contributed by atoms with Gasteiger partial charge in [0.1, 0.15) is 30.2 Å². The van der Waals surface area contributed by atoms with Crippen LogP contribution in [0.15, 0.2) is 46.8 Å². The van der Waals surface area contributed by atoms with Gasteiger partial charge in [-0.2, -0.15) is 0 Å². The highest BCUT2D eigenvalue weighted by Gasteiger charge is 2.45. The molecule has 2 aliphatic carbocycles. The average Bonchev–Trinajstić information content (AvgIpc) is 2.88. The summed E-state index contributed by atoms with van der Waals surface area (Å²) in [5.41, 5.74) is 4.33. The molecule has 36 heavy (non-hydrogen) atoms. The lowest BCUT2D eigenvalue weighted by Gasteiger charge is -2.43. The van der Waals surface area contributed by atoms with Crippen LogP contribution in [-0.2, 0) is 14.3 Å². The van der Waals surface area contributed by atoms with E-state index in [1.807, 2.05) is 12.1 Å². The molecular formula is C27H33NO8. The highest BCUT2D eigenvalue weighted by molar-refractivity contribution is 6.06. The molecule has 0 spiro atoms. The first-order valence-corrected chi connectivity index (χ1v) is 12.7. The molecule has 4 aliphatic rings. The van der Waals surface area contributed by atoms with Crippen molar-refractivity contribution in [3.63, 3.8) is 0 Å². The summed E-state index contributed by atoms with van der Waals surface area (Å²) in [6.45, 7) is 2.23. The van der Waals surface area contributed by atoms with Crippen LogP contribution in [0.25, 0.3) is 0 Å². The normalized spacial score (nSPS) is 31.5. The molecule has 194 valence electrons. The Hall–Kier alpha value is -2.56. The molecule has 5 rings (SSSR count). The summed E-state index contributed by atoms with van der Waals surface area (Å²) in [4.78, 5) is 28.6. The molecule has 0 saturated carbocycles. The first-order valence-electron chi connectivity index (χ1n) is 12.7. The number of hydrogen-bond acceptors (Lipinski definition) is 9. The predicted molar refractivity (Wildman–Crippen MR) is 128 cm³/mol. The van der Waals surface area contributed by atoms with Crippen molar-refractivity contribution >= 4 is 11.6 Å². The number of Topliss-reactive ketones (excluding diaryl/α,β-unsaturated/α-hetero) is 2. The first kappa shape index (κ1) is 25.1. The number of aliphatic hydroxyl groups is 4. The molecule has 1 fully saturated rings. The topological polar surface area (TPSA) is 137 Å². The second-order valence-corrected chi connectivity index (χ2v) is 9.84. The number of ether oxygens (including phenoxy) is 2. The monoisotopic (exact) mass is 499 g/mol. The van der Waals surface area contributed by atoms with Crippen molar-refractivity contribution < 1.29 is 39.5 Å². The van der Waals surface area contributed by atoms with E-state index in [-0.39, 0.29) is 11.6 Å². The van der Waals surface area contributed by atoms with Crippen molar-refractivity contribution in [1.82, 2.24) is 4.90 Å². The molecule has 2 heterocycles. The van der Waals surface area contributed by atoms with Gasteiger partial charge in [0.25, 0.3) is 0 Å². The minimum atomic E-state index is -1.53. The van der Waals surface area contributed by atoms with Crippen LogP contribution in [0.4, 0.5) is 0 Å². The maximum atomic E-state index is 13.2. The Bertz CT molecular complexity index is 1050.